The van der Waals surface area contributed by atoms with Crippen molar-refractivity contribution in [1.29, 1.82) is 0 Å². The van der Waals surface area contributed by atoms with Crippen molar-refractivity contribution >= 4 is 11.6 Å². The summed E-state index contributed by atoms with van der Waals surface area (Å²) < 4.78 is 5.51. The van der Waals surface area contributed by atoms with Gasteiger partial charge in [-0.05, 0) is 41.7 Å². The monoisotopic (exact) mass is 288 g/mol. The Balaban J connectivity index is 1.66. The minimum Gasteiger partial charge on any atom is -0.493 e. The van der Waals surface area contributed by atoms with Crippen LogP contribution >= 0.6 is 11.6 Å². The van der Waals surface area contributed by atoms with Gasteiger partial charge in [0, 0.05) is 24.9 Å². The summed E-state index contributed by atoms with van der Waals surface area (Å²) in [5, 5.41) is 0.641. The fraction of sp³-hybridized carbons (Fsp3) is 0.312. The fourth-order valence-electron chi connectivity index (χ4n) is 2.56. The molecule has 2 aromatic rings. The van der Waals surface area contributed by atoms with Crippen LogP contribution in [0.5, 0.6) is 5.75 Å². The number of hydrogen-bond donors (Lipinski definition) is 1. The fourth-order valence-corrected chi connectivity index (χ4v) is 2.82. The second kappa shape index (κ2) is 5.81. The summed E-state index contributed by atoms with van der Waals surface area (Å²) in [5.74, 6) is 1.02. The van der Waals surface area contributed by atoms with E-state index in [9.17, 15) is 0 Å². The van der Waals surface area contributed by atoms with Gasteiger partial charge in [0.25, 0.3) is 0 Å². The lowest BCUT2D eigenvalue weighted by molar-refractivity contribution is 0.357. The van der Waals surface area contributed by atoms with E-state index in [1.54, 1.807) is 12.4 Å². The number of pyridine rings is 1. The van der Waals surface area contributed by atoms with E-state index in [0.717, 1.165) is 37.2 Å². The topological polar surface area (TPSA) is 48.1 Å². The Kier molecular flexibility index (Phi) is 3.90. The van der Waals surface area contributed by atoms with Gasteiger partial charge in [0.1, 0.15) is 5.75 Å². The van der Waals surface area contributed by atoms with Gasteiger partial charge >= 0.3 is 0 Å². The number of aromatic nitrogens is 1. The number of rotatable bonds is 4. The van der Waals surface area contributed by atoms with Gasteiger partial charge in [-0.3, -0.25) is 4.98 Å². The molecule has 1 aliphatic heterocycles. The van der Waals surface area contributed by atoms with E-state index in [2.05, 4.69) is 23.2 Å². The largest absolute Gasteiger partial charge is 0.493 e. The number of aryl methyl sites for hydroxylation is 1. The molecule has 104 valence electrons. The summed E-state index contributed by atoms with van der Waals surface area (Å²) >= 11 is 6.12. The number of benzene rings is 1. The number of nitrogens with zero attached hydrogens (tertiary/aromatic N) is 1. The minimum absolute atomic E-state index is 0.0602. The van der Waals surface area contributed by atoms with Crippen molar-refractivity contribution in [3.63, 3.8) is 0 Å². The molecule has 2 N–H and O–H groups in total. The molecule has 2 heterocycles. The average molecular weight is 289 g/mol. The van der Waals surface area contributed by atoms with Crippen molar-refractivity contribution in [3.05, 3.63) is 58.4 Å². The summed E-state index contributed by atoms with van der Waals surface area (Å²) in [6.45, 7) is 0.797. The molecule has 0 saturated heterocycles. The molecule has 3 nitrogen and oxygen atoms in total. The van der Waals surface area contributed by atoms with Crippen molar-refractivity contribution in [3.8, 4) is 5.75 Å². The van der Waals surface area contributed by atoms with E-state index in [0.29, 0.717) is 5.02 Å². The van der Waals surface area contributed by atoms with Gasteiger partial charge in [-0.2, -0.15) is 0 Å². The molecular weight excluding hydrogens is 272 g/mol. The third-order valence-corrected chi connectivity index (χ3v) is 4.02. The van der Waals surface area contributed by atoms with E-state index in [1.165, 1.54) is 11.1 Å². The Bertz CT molecular complexity index is 615. The van der Waals surface area contributed by atoms with Crippen molar-refractivity contribution in [2.75, 3.05) is 6.61 Å². The van der Waals surface area contributed by atoms with Crippen LogP contribution in [0.1, 0.15) is 29.2 Å². The van der Waals surface area contributed by atoms with E-state index < -0.39 is 0 Å². The molecule has 4 heteroatoms. The zero-order chi connectivity index (χ0) is 13.9. The van der Waals surface area contributed by atoms with Crippen molar-refractivity contribution in [1.82, 2.24) is 4.98 Å². The Labute approximate surface area is 123 Å². The third kappa shape index (κ3) is 2.79. The van der Waals surface area contributed by atoms with Gasteiger partial charge < -0.3 is 10.5 Å². The van der Waals surface area contributed by atoms with Gasteiger partial charge in [-0.1, -0.05) is 23.7 Å². The molecule has 0 amide bonds. The maximum Gasteiger partial charge on any atom is 0.122 e. The van der Waals surface area contributed by atoms with Gasteiger partial charge in [0.05, 0.1) is 11.6 Å². The molecule has 1 atom stereocenters. The number of hydrogen-bond acceptors (Lipinski definition) is 3. The molecule has 3 rings (SSSR count). The normalized spacial score (nSPS) is 14.7. The van der Waals surface area contributed by atoms with Crippen molar-refractivity contribution in [2.45, 2.75) is 25.3 Å². The quantitative estimate of drug-likeness (QED) is 0.939. The zero-order valence-electron chi connectivity index (χ0n) is 11.2. The number of fused-ring (bicyclic) bond motifs is 1. The summed E-state index contributed by atoms with van der Waals surface area (Å²) in [6, 6.07) is 8.23. The molecule has 0 aliphatic carbocycles. The Morgan fingerprint density at radius 1 is 1.35 bits per heavy atom. The highest BCUT2D eigenvalue weighted by atomic mass is 35.5. The van der Waals surface area contributed by atoms with E-state index in [1.807, 2.05) is 6.07 Å². The number of nitrogens with two attached hydrogens (primary N) is 1. The predicted octanol–water partition coefficient (Wildman–Crippen LogP) is 3.30. The van der Waals surface area contributed by atoms with Crippen molar-refractivity contribution in [2.24, 2.45) is 5.73 Å². The van der Waals surface area contributed by atoms with Crippen LogP contribution in [0.2, 0.25) is 5.02 Å². The smallest absolute Gasteiger partial charge is 0.122 e. The van der Waals surface area contributed by atoms with E-state index in [4.69, 9.17) is 22.1 Å². The van der Waals surface area contributed by atoms with E-state index >= 15 is 0 Å². The van der Waals surface area contributed by atoms with Gasteiger partial charge in [-0.15, -0.1) is 0 Å². The highest BCUT2D eigenvalue weighted by Gasteiger charge is 2.13. The van der Waals surface area contributed by atoms with Crippen LogP contribution in [-0.4, -0.2) is 11.6 Å². The maximum absolute atomic E-state index is 6.22. The van der Waals surface area contributed by atoms with Crippen molar-refractivity contribution < 1.29 is 4.74 Å². The van der Waals surface area contributed by atoms with Crippen LogP contribution in [0.4, 0.5) is 0 Å². The second-order valence-corrected chi connectivity index (χ2v) is 5.49. The molecule has 0 fully saturated rings. The molecule has 20 heavy (non-hydrogen) atoms. The highest BCUT2D eigenvalue weighted by Crippen LogP contribution is 2.28. The lowest BCUT2D eigenvalue weighted by atomic mass is 9.99. The average Bonchev–Trinajstić information content (AvgIpc) is 2.92. The Hall–Kier alpha value is -1.58. The lowest BCUT2D eigenvalue weighted by Gasteiger charge is -2.13. The molecule has 1 unspecified atom stereocenters. The molecular formula is C16H17ClN2O. The van der Waals surface area contributed by atoms with Crippen LogP contribution < -0.4 is 10.5 Å². The van der Waals surface area contributed by atoms with Crippen LogP contribution in [0.3, 0.4) is 0 Å². The lowest BCUT2D eigenvalue weighted by Crippen LogP contribution is -2.12. The summed E-state index contributed by atoms with van der Waals surface area (Å²) in [5.41, 5.74) is 9.79. The SMILES string of the molecule is NC(CCc1ccc2c(c1)CCO2)c1ccncc1Cl. The molecule has 1 aromatic heterocycles. The van der Waals surface area contributed by atoms with Crippen LogP contribution in [-0.2, 0) is 12.8 Å². The molecule has 1 aromatic carbocycles. The standard InChI is InChI=1S/C16H17ClN2O/c17-14-10-19-7-5-13(14)15(18)3-1-11-2-4-16-12(9-11)6-8-20-16/h2,4-5,7,9-10,15H,1,3,6,8,18H2. The van der Waals surface area contributed by atoms with Gasteiger partial charge in [-0.25, -0.2) is 0 Å². The molecule has 0 bridgehead atoms. The molecule has 1 aliphatic rings. The Morgan fingerprint density at radius 3 is 3.10 bits per heavy atom. The van der Waals surface area contributed by atoms with E-state index in [-0.39, 0.29) is 6.04 Å². The second-order valence-electron chi connectivity index (χ2n) is 5.08. The Morgan fingerprint density at radius 2 is 2.25 bits per heavy atom. The summed E-state index contributed by atoms with van der Waals surface area (Å²) in [4.78, 5) is 3.98. The first-order valence-corrected chi connectivity index (χ1v) is 7.21. The first kappa shape index (κ1) is 13.4. The number of ether oxygens (including phenoxy) is 1. The first-order chi connectivity index (χ1) is 9.74. The maximum atomic E-state index is 6.22. The summed E-state index contributed by atoms with van der Waals surface area (Å²) in [6.07, 6.45) is 6.18. The number of halogens is 1. The summed E-state index contributed by atoms with van der Waals surface area (Å²) in [7, 11) is 0. The molecule has 0 spiro atoms. The van der Waals surface area contributed by atoms with Crippen LogP contribution in [0.25, 0.3) is 0 Å². The van der Waals surface area contributed by atoms with Crippen LogP contribution in [0.15, 0.2) is 36.7 Å². The predicted molar refractivity (Wildman–Crippen MR) is 80.1 cm³/mol. The molecule has 0 saturated carbocycles. The van der Waals surface area contributed by atoms with Crippen LogP contribution in [0, 0.1) is 0 Å². The van der Waals surface area contributed by atoms with Gasteiger partial charge in [0.2, 0.25) is 0 Å². The first-order valence-electron chi connectivity index (χ1n) is 6.83. The van der Waals surface area contributed by atoms with Gasteiger partial charge in [0.15, 0.2) is 0 Å². The minimum atomic E-state index is -0.0602. The molecule has 0 radical (unpaired) electrons. The zero-order valence-corrected chi connectivity index (χ0v) is 11.9. The third-order valence-electron chi connectivity index (χ3n) is 3.70. The highest BCUT2D eigenvalue weighted by molar-refractivity contribution is 6.31.